The number of ether oxygens (including phenoxy) is 8. The smallest absolute Gasteiger partial charge is 0.213 e. The van der Waals surface area contributed by atoms with E-state index in [0.29, 0.717) is 63.4 Å². The summed E-state index contributed by atoms with van der Waals surface area (Å²) in [6.07, 6.45) is 21.5. The molecule has 0 N–H and O–H groups in total. The van der Waals surface area contributed by atoms with Crippen LogP contribution >= 0.6 is 0 Å². The Morgan fingerprint density at radius 2 is 0.464 bits per heavy atom. The van der Waals surface area contributed by atoms with Crippen molar-refractivity contribution in [2.45, 2.75) is 208 Å². The maximum atomic E-state index is 6.98. The Balaban J connectivity index is 0.00000541. The van der Waals surface area contributed by atoms with Crippen molar-refractivity contribution in [3.63, 3.8) is 0 Å². The van der Waals surface area contributed by atoms with Gasteiger partial charge in [-0.15, -0.1) is 0 Å². The largest absolute Gasteiger partial charge is 0.499 e. The minimum Gasteiger partial charge on any atom is -0.499 e. The Kier molecular flexibility index (Phi) is 38.3. The summed E-state index contributed by atoms with van der Waals surface area (Å²) >= 11 is 0. The van der Waals surface area contributed by atoms with Gasteiger partial charge in [0.2, 0.25) is 33.3 Å². The van der Waals surface area contributed by atoms with Crippen LogP contribution in [0.3, 0.4) is 0 Å². The van der Waals surface area contributed by atoms with Crippen molar-refractivity contribution in [3.8, 4) is 46.0 Å². The first-order valence-corrected chi connectivity index (χ1v) is 50.5. The van der Waals surface area contributed by atoms with E-state index in [1.54, 1.807) is 0 Å². The van der Waals surface area contributed by atoms with Crippen LogP contribution in [0, 0.1) is 24.3 Å². The molecule has 0 saturated carbocycles. The van der Waals surface area contributed by atoms with Gasteiger partial charge < -0.3 is 70.4 Å². The van der Waals surface area contributed by atoms with Crippen LogP contribution in [0.25, 0.3) is 0 Å². The van der Waals surface area contributed by atoms with E-state index in [1.807, 2.05) is 0 Å². The van der Waals surface area contributed by atoms with Crippen molar-refractivity contribution in [3.05, 3.63) is 286 Å². The van der Waals surface area contributed by atoms with Gasteiger partial charge in [-0.1, -0.05) is 216 Å². The summed E-state index contributed by atoms with van der Waals surface area (Å²) in [6.45, 7) is 44.2. The van der Waals surface area contributed by atoms with Gasteiger partial charge in [0.15, 0.2) is 0 Å². The zero-order chi connectivity index (χ0) is 76.6. The Morgan fingerprint density at radius 3 is 0.645 bits per heavy atom. The van der Waals surface area contributed by atoms with Gasteiger partial charge in [-0.25, -0.2) is 0 Å². The average molecular weight is 1850 g/mol. The first kappa shape index (κ1) is 96.9. The average Bonchev–Trinajstić information content (AvgIpc) is 0.817. The summed E-state index contributed by atoms with van der Waals surface area (Å²) in [5.74, 6) is 9.60. The zero-order valence-corrected chi connectivity index (χ0v) is 84.7. The molecule has 0 saturated heterocycles. The number of hydrogen-bond acceptors (Lipinski definition) is 10. The van der Waals surface area contributed by atoms with E-state index in [-0.39, 0.29) is 152 Å². The van der Waals surface area contributed by atoms with Crippen LogP contribution < -0.4 is 37.9 Å². The second-order valence-corrected chi connectivity index (χ2v) is 49.2. The van der Waals surface area contributed by atoms with E-state index < -0.39 is 33.3 Å². The first-order chi connectivity index (χ1) is 50.2. The standard InChI is InChI=1S/C92H116O10Si4.4Y/c1-21-27-83-31-25-29-77(23-3)97-85-57-41-73(42-58-85)89(5,6)69-33-49-79(50-34-69)93-65-103(13,14)101-104(15,16)66-94-80-51-35-70(36-52-80)90(7,8)74-43-59-86(60-44-74)98-78(24-4)30-26-32-84(28-22-2)100-88-63-47-76(48-64-88)92(11,12)72-39-55-82(56-40-72)96-68-106(19,20)102-105(17,18)67-95-81-53-37-71(38-54-81)91(9,10)75-45-61-87(99-83)62-46-75;;;;/h33-64H,21-26,31-32,65-68H2,1-20H3;;;;/q-4;;;;. The van der Waals surface area contributed by atoms with Crippen LogP contribution in [0.1, 0.15) is 179 Å². The minimum absolute atomic E-state index is 0. The van der Waals surface area contributed by atoms with E-state index in [9.17, 15) is 0 Å². The molecule has 110 heavy (non-hydrogen) atoms. The maximum Gasteiger partial charge on any atom is 0.213 e. The molecule has 8 aromatic rings. The van der Waals surface area contributed by atoms with Gasteiger partial charge in [-0.3, -0.25) is 0 Å². The topological polar surface area (TPSA) is 92.3 Å². The van der Waals surface area contributed by atoms with Gasteiger partial charge in [0.25, 0.3) is 0 Å². The maximum absolute atomic E-state index is 6.98. The van der Waals surface area contributed by atoms with Crippen LogP contribution in [0.15, 0.2) is 217 Å². The van der Waals surface area contributed by atoms with E-state index in [4.69, 9.17) is 46.1 Å². The SMILES string of the molecule is CC[C-]=C1CC[C-]=C(CC)Oc2ccc(cc2)C(C)(C)c2ccc(cc2)OC[Si](C)(C)O[Si](C)(C)COc2ccc(cc2)C(C)(C)c2ccc(cc2)OC(CC)=[C-]CCC(=[C-]CC)Oc2ccc(cc2)C(C)(C)c2ccc(cc2)OC[Si](C)(C)O[Si](C)(C)COc2ccc(cc2)C(C)(C)c2ccc(cc2)O1.[Y].[Y].[Y].[Y]. The fourth-order valence-electron chi connectivity index (χ4n) is 13.4. The third-order valence-corrected chi connectivity index (χ3v) is 32.0. The van der Waals surface area contributed by atoms with Gasteiger partial charge in [0.05, 0.1) is 0 Å². The fraction of sp³-hybridized carbons (Fsp3) is 0.391. The van der Waals surface area contributed by atoms with Gasteiger partial charge >= 0.3 is 0 Å². The molecule has 16 bridgehead atoms. The summed E-state index contributed by atoms with van der Waals surface area (Å²) in [7, 11) is -9.04. The van der Waals surface area contributed by atoms with Gasteiger partial charge in [-0.2, -0.15) is 25.7 Å². The third-order valence-electron chi connectivity index (χ3n) is 19.8. The summed E-state index contributed by atoms with van der Waals surface area (Å²) in [6, 6.07) is 67.7. The summed E-state index contributed by atoms with van der Waals surface area (Å²) in [4.78, 5) is 0. The molecule has 13 aliphatic rings. The molecule has 0 unspecified atom stereocenters. The molecule has 0 aliphatic carbocycles. The number of benzene rings is 8. The molecule has 4 radical (unpaired) electrons. The summed E-state index contributed by atoms with van der Waals surface area (Å²) in [5.41, 5.74) is 8.41. The molecule has 21 rings (SSSR count). The molecule has 13 heterocycles. The molecule has 18 heteroatoms. The van der Waals surface area contributed by atoms with E-state index in [1.165, 1.54) is 44.5 Å². The predicted octanol–water partition coefficient (Wildman–Crippen LogP) is 24.1. The predicted molar refractivity (Wildman–Crippen MR) is 443 cm³/mol. The molecular formula is C92H116O10Si4Y4-4. The molecular weight excluding hydrogens is 1730 g/mol. The van der Waals surface area contributed by atoms with Gasteiger partial charge in [-0.05, 0) is 207 Å². The second-order valence-electron chi connectivity index (χ2n) is 32.3. The minimum atomic E-state index is -2.26. The van der Waals surface area contributed by atoms with Crippen molar-refractivity contribution in [1.82, 2.24) is 0 Å². The van der Waals surface area contributed by atoms with Crippen molar-refractivity contribution in [2.75, 3.05) is 24.9 Å². The van der Waals surface area contributed by atoms with Crippen molar-refractivity contribution < 1.29 is 177 Å². The van der Waals surface area contributed by atoms with E-state index in [2.05, 4.69) is 354 Å². The van der Waals surface area contributed by atoms with Crippen LogP contribution in [0.2, 0.25) is 52.4 Å². The molecule has 10 nitrogen and oxygen atoms in total. The third kappa shape index (κ3) is 28.3. The van der Waals surface area contributed by atoms with Crippen LogP contribution in [0.4, 0.5) is 0 Å². The summed E-state index contributed by atoms with van der Waals surface area (Å²) < 4.78 is 65.7. The summed E-state index contributed by atoms with van der Waals surface area (Å²) in [5, 5.41) is 0. The molecule has 0 atom stereocenters. The molecule has 0 amide bonds. The Hall–Kier alpha value is -3.68. The number of allylic oxidation sites excluding steroid dienone is 8. The monoisotopic (exact) mass is 1850 g/mol. The van der Waals surface area contributed by atoms with Crippen molar-refractivity contribution in [2.24, 2.45) is 0 Å². The van der Waals surface area contributed by atoms with Gasteiger partial charge in [0, 0.05) is 152 Å². The normalized spacial score (nSPS) is 18.8. The van der Waals surface area contributed by atoms with Crippen molar-refractivity contribution in [1.29, 1.82) is 0 Å². The fourth-order valence-corrected chi connectivity index (χ4v) is 28.3. The van der Waals surface area contributed by atoms with Crippen LogP contribution in [-0.4, -0.2) is 58.2 Å². The first-order valence-electron chi connectivity index (χ1n) is 38.1. The Labute approximate surface area is 766 Å². The van der Waals surface area contributed by atoms with Crippen LogP contribution in [-0.2, 0) is 161 Å². The number of rotatable bonds is 4. The quantitative estimate of drug-likeness (QED) is 0.125. The molecule has 0 aromatic heterocycles. The Morgan fingerprint density at radius 1 is 0.282 bits per heavy atom. The van der Waals surface area contributed by atoms with E-state index in [0.717, 1.165) is 81.9 Å². The second kappa shape index (κ2) is 43.5. The Bertz CT molecular complexity index is 3980. The molecule has 13 aliphatic heterocycles. The van der Waals surface area contributed by atoms with Crippen molar-refractivity contribution >= 4 is 33.3 Å². The molecule has 0 fully saturated rings. The van der Waals surface area contributed by atoms with Gasteiger partial charge in [0.1, 0.15) is 70.9 Å². The van der Waals surface area contributed by atoms with E-state index >= 15 is 0 Å². The molecule has 8 aromatic carbocycles. The molecule has 576 valence electrons. The number of hydrogen-bond donors (Lipinski definition) is 0. The van der Waals surface area contributed by atoms with Crippen LogP contribution in [0.5, 0.6) is 46.0 Å². The molecule has 0 spiro atoms. The zero-order valence-electron chi connectivity index (χ0n) is 69.4.